The predicted octanol–water partition coefficient (Wildman–Crippen LogP) is 1.41. The Labute approximate surface area is 125 Å². The molecule has 0 amide bonds. The molecule has 0 fully saturated rings. The molecule has 21 heavy (non-hydrogen) atoms. The summed E-state index contributed by atoms with van der Waals surface area (Å²) in [6.45, 7) is 1.75. The van der Waals surface area contributed by atoms with Crippen LogP contribution in [0.2, 0.25) is 0 Å². The summed E-state index contributed by atoms with van der Waals surface area (Å²) >= 11 is 0. The molecule has 0 spiro atoms. The number of hydrogen-bond donors (Lipinski definition) is 1. The highest BCUT2D eigenvalue weighted by Crippen LogP contribution is 2.14. The van der Waals surface area contributed by atoms with Crippen molar-refractivity contribution >= 4 is 10.2 Å². The zero-order chi connectivity index (χ0) is 15.7. The molecule has 0 aliphatic heterocycles. The van der Waals surface area contributed by atoms with Gasteiger partial charge in [-0.15, -0.1) is 3.89 Å². The highest BCUT2D eigenvalue weighted by Gasteiger charge is 2.06. The molecule has 0 aliphatic carbocycles. The maximum atomic E-state index is 12.3. The van der Waals surface area contributed by atoms with Gasteiger partial charge in [-0.25, -0.2) is 0 Å². The van der Waals surface area contributed by atoms with Crippen molar-refractivity contribution in [2.75, 3.05) is 33.1 Å². The summed E-state index contributed by atoms with van der Waals surface area (Å²) in [5, 5.41) is 2.91. The first-order valence-corrected chi connectivity index (χ1v) is 8.23. The third-order valence-corrected chi connectivity index (χ3v) is 3.68. The molecule has 0 atom stereocenters. The quantitative estimate of drug-likeness (QED) is 0.522. The largest absolute Gasteiger partial charge is 0.380 e. The lowest BCUT2D eigenvalue weighted by molar-refractivity contribution is 0.168. The summed E-state index contributed by atoms with van der Waals surface area (Å²) in [6, 6.07) is 6.05. The molecule has 1 aromatic carbocycles. The Balaban J connectivity index is 2.49. The van der Waals surface area contributed by atoms with Crippen LogP contribution in [0, 0.1) is 0 Å². The van der Waals surface area contributed by atoms with Gasteiger partial charge in [0.15, 0.2) is 0 Å². The van der Waals surface area contributed by atoms with Gasteiger partial charge < -0.3 is 14.8 Å². The van der Waals surface area contributed by atoms with Crippen molar-refractivity contribution in [3.05, 3.63) is 34.9 Å². The van der Waals surface area contributed by atoms with Gasteiger partial charge in [0, 0.05) is 20.8 Å². The molecule has 0 unspecified atom stereocenters. The van der Waals surface area contributed by atoms with E-state index in [2.05, 4.69) is 5.32 Å². The van der Waals surface area contributed by atoms with Crippen molar-refractivity contribution in [2.24, 2.45) is 0 Å². The van der Waals surface area contributed by atoms with Crippen LogP contribution in [-0.2, 0) is 39.3 Å². The molecule has 0 aliphatic rings. The van der Waals surface area contributed by atoms with Crippen molar-refractivity contribution < 1.29 is 21.8 Å². The van der Waals surface area contributed by atoms with Gasteiger partial charge in [0.2, 0.25) is 0 Å². The van der Waals surface area contributed by atoms with Gasteiger partial charge in [-0.2, -0.15) is 8.42 Å². The first-order chi connectivity index (χ1) is 9.96. The van der Waals surface area contributed by atoms with Crippen LogP contribution < -0.4 is 5.32 Å². The fraction of sp³-hybridized carbons (Fsp3) is 0.571. The smallest absolute Gasteiger partial charge is 0.303 e. The lowest BCUT2D eigenvalue weighted by atomic mass is 10.0. The Hall–Kier alpha value is -1.02. The molecule has 5 nitrogen and oxygen atoms in total. The average Bonchev–Trinajstić information content (AvgIpc) is 2.40. The Morgan fingerprint density at radius 2 is 1.76 bits per heavy atom. The maximum Gasteiger partial charge on any atom is 0.303 e. The summed E-state index contributed by atoms with van der Waals surface area (Å²) in [7, 11) is -1.10. The Morgan fingerprint density at radius 3 is 2.38 bits per heavy atom. The van der Waals surface area contributed by atoms with Crippen LogP contribution in [0.25, 0.3) is 0 Å². The summed E-state index contributed by atoms with van der Waals surface area (Å²) in [5.74, 6) is -0.491. The van der Waals surface area contributed by atoms with E-state index in [9.17, 15) is 12.3 Å². The first-order valence-electron chi connectivity index (χ1n) is 6.68. The van der Waals surface area contributed by atoms with E-state index < -0.39 is 16.0 Å². The predicted molar refractivity (Wildman–Crippen MR) is 79.3 cm³/mol. The van der Waals surface area contributed by atoms with E-state index in [1.54, 1.807) is 14.2 Å². The third kappa shape index (κ3) is 7.52. The number of ether oxygens (including phenoxy) is 2. The third-order valence-electron chi connectivity index (χ3n) is 2.98. The highest BCUT2D eigenvalue weighted by molar-refractivity contribution is 7.86. The first kappa shape index (κ1) is 18.0. The summed E-state index contributed by atoms with van der Waals surface area (Å²) < 4.78 is 43.3. The number of methoxy groups -OCH3 is 2. The minimum Gasteiger partial charge on any atom is -0.380 e. The summed E-state index contributed by atoms with van der Waals surface area (Å²) in [6.07, 6.45) is 0.732. The van der Waals surface area contributed by atoms with Crippen molar-refractivity contribution in [1.29, 1.82) is 0 Å². The van der Waals surface area contributed by atoms with Crippen molar-refractivity contribution in [2.45, 2.75) is 19.6 Å². The molecule has 1 N–H and O–H groups in total. The van der Waals surface area contributed by atoms with Crippen molar-refractivity contribution in [3.8, 4) is 0 Å². The summed E-state index contributed by atoms with van der Waals surface area (Å²) in [4.78, 5) is 0. The standard InChI is InChI=1S/C14H22FNO4S/c1-19-10-13-4-3-12(9-14(13)11-20-2)5-6-16-7-8-21(15,17)18/h3-4,9,16H,5-8,10-11H2,1-2H3. The van der Waals surface area contributed by atoms with Crippen LogP contribution in [-0.4, -0.2) is 41.5 Å². The Kier molecular flexibility index (Phi) is 7.81. The average molecular weight is 319 g/mol. The lowest BCUT2D eigenvalue weighted by Crippen LogP contribution is -2.23. The topological polar surface area (TPSA) is 64.6 Å². The second-order valence-corrected chi connectivity index (χ2v) is 6.20. The Bertz CT molecular complexity index is 534. The van der Waals surface area contributed by atoms with Crippen molar-refractivity contribution in [3.63, 3.8) is 0 Å². The fourth-order valence-corrected chi connectivity index (χ4v) is 2.36. The molecule has 120 valence electrons. The van der Waals surface area contributed by atoms with Gasteiger partial charge in [0.1, 0.15) is 0 Å². The van der Waals surface area contributed by atoms with Gasteiger partial charge in [-0.05, 0) is 29.7 Å². The molecule has 1 aromatic rings. The monoisotopic (exact) mass is 319 g/mol. The lowest BCUT2D eigenvalue weighted by Gasteiger charge is -2.11. The molecule has 1 rings (SSSR count). The minimum absolute atomic E-state index is 0.117. The molecule has 0 saturated carbocycles. The van der Waals surface area contributed by atoms with Gasteiger partial charge in [-0.1, -0.05) is 18.2 Å². The second kappa shape index (κ2) is 9.09. The molecule has 0 aromatic heterocycles. The van der Waals surface area contributed by atoms with E-state index in [1.165, 1.54) is 0 Å². The van der Waals surface area contributed by atoms with Crippen LogP contribution in [0.4, 0.5) is 3.89 Å². The van der Waals surface area contributed by atoms with Crippen LogP contribution >= 0.6 is 0 Å². The van der Waals surface area contributed by atoms with Gasteiger partial charge >= 0.3 is 10.2 Å². The van der Waals surface area contributed by atoms with Gasteiger partial charge in [-0.3, -0.25) is 0 Å². The number of halogens is 1. The van der Waals surface area contributed by atoms with E-state index in [4.69, 9.17) is 9.47 Å². The number of benzene rings is 1. The number of nitrogens with one attached hydrogen (secondary N) is 1. The molecule has 7 heteroatoms. The van der Waals surface area contributed by atoms with Crippen LogP contribution in [0.3, 0.4) is 0 Å². The number of rotatable bonds is 10. The summed E-state index contributed by atoms with van der Waals surface area (Å²) in [5.41, 5.74) is 3.26. The maximum absolute atomic E-state index is 12.3. The molecular weight excluding hydrogens is 297 g/mol. The van der Waals surface area contributed by atoms with Crippen LogP contribution in [0.1, 0.15) is 16.7 Å². The van der Waals surface area contributed by atoms with Gasteiger partial charge in [0.25, 0.3) is 0 Å². The molecule has 0 radical (unpaired) electrons. The zero-order valence-corrected chi connectivity index (χ0v) is 13.2. The molecule has 0 saturated heterocycles. The van der Waals surface area contributed by atoms with E-state index in [-0.39, 0.29) is 6.54 Å². The SMILES string of the molecule is COCc1ccc(CCNCCS(=O)(=O)F)cc1COC. The van der Waals surface area contributed by atoms with Crippen molar-refractivity contribution in [1.82, 2.24) is 5.32 Å². The molecular formula is C14H22FNO4S. The Morgan fingerprint density at radius 1 is 1.10 bits per heavy atom. The molecule has 0 heterocycles. The zero-order valence-electron chi connectivity index (χ0n) is 12.4. The number of hydrogen-bond acceptors (Lipinski definition) is 5. The van der Waals surface area contributed by atoms with E-state index >= 15 is 0 Å². The van der Waals surface area contributed by atoms with Crippen LogP contribution in [0.15, 0.2) is 18.2 Å². The van der Waals surface area contributed by atoms with E-state index in [0.717, 1.165) is 23.1 Å². The molecule has 0 bridgehead atoms. The van der Waals surface area contributed by atoms with Crippen LogP contribution in [0.5, 0.6) is 0 Å². The fourth-order valence-electron chi connectivity index (χ4n) is 1.97. The highest BCUT2D eigenvalue weighted by atomic mass is 32.3. The second-order valence-electron chi connectivity index (χ2n) is 4.71. The van der Waals surface area contributed by atoms with E-state index in [1.807, 2.05) is 18.2 Å². The van der Waals surface area contributed by atoms with Gasteiger partial charge in [0.05, 0.1) is 19.0 Å². The minimum atomic E-state index is -4.39. The van der Waals surface area contributed by atoms with E-state index in [0.29, 0.717) is 19.8 Å². The normalized spacial score (nSPS) is 11.8.